The number of nitrogens with zero attached hydrogens (tertiary/aromatic N) is 3. The Bertz CT molecular complexity index is 1450. The van der Waals surface area contributed by atoms with Crippen LogP contribution in [0.1, 0.15) is 36.2 Å². The molecule has 1 saturated heterocycles. The van der Waals surface area contributed by atoms with E-state index in [1.54, 1.807) is 4.90 Å². The van der Waals surface area contributed by atoms with Crippen LogP contribution in [-0.2, 0) is 37.8 Å². The molecule has 19 heteroatoms. The highest BCUT2D eigenvalue weighted by Gasteiger charge is 2.49. The molecule has 1 aliphatic carbocycles. The van der Waals surface area contributed by atoms with E-state index in [4.69, 9.17) is 23.2 Å². The van der Waals surface area contributed by atoms with Crippen molar-refractivity contribution in [3.8, 4) is 5.75 Å². The molecule has 2 aliphatic rings. The summed E-state index contributed by atoms with van der Waals surface area (Å²) in [6, 6.07) is 1.76. The quantitative estimate of drug-likeness (QED) is 0.271. The maximum absolute atomic E-state index is 12.7. The highest BCUT2D eigenvalue weighted by Crippen LogP contribution is 2.34. The fourth-order valence-corrected chi connectivity index (χ4v) is 5.72. The maximum atomic E-state index is 12.7. The number of aromatic nitrogens is 2. The molecule has 1 aromatic heterocycles. The Morgan fingerprint density at radius 1 is 1.00 bits per heavy atom. The molecule has 1 fully saturated rings. The van der Waals surface area contributed by atoms with Gasteiger partial charge in [0.2, 0.25) is 5.91 Å². The van der Waals surface area contributed by atoms with Gasteiger partial charge in [-0.1, -0.05) is 23.2 Å². The zero-order valence-corrected chi connectivity index (χ0v) is 22.8. The molecule has 0 N–H and O–H groups in total. The lowest BCUT2D eigenvalue weighted by atomic mass is 9.95. The molecule has 0 radical (unpaired) electrons. The largest absolute Gasteiger partial charge is 0.534 e. The molecule has 218 valence electrons. The topological polar surface area (TPSA) is 116 Å². The minimum atomic E-state index is -5.71. The third-order valence-corrected chi connectivity index (χ3v) is 9.09. The number of likely N-dealkylation sites (tertiary alicyclic amines) is 1. The van der Waals surface area contributed by atoms with Gasteiger partial charge in [-0.05, 0) is 31.7 Å². The second kappa shape index (κ2) is 11.0. The van der Waals surface area contributed by atoms with E-state index >= 15 is 0 Å². The zero-order chi connectivity index (χ0) is 29.6. The van der Waals surface area contributed by atoms with Gasteiger partial charge in [-0.2, -0.15) is 43.2 Å². The van der Waals surface area contributed by atoms with Crippen molar-refractivity contribution in [1.29, 1.82) is 0 Å². The summed E-state index contributed by atoms with van der Waals surface area (Å²) in [5, 5.41) is 0.00903. The van der Waals surface area contributed by atoms with Crippen LogP contribution in [0.25, 0.3) is 0 Å². The second-order valence-electron chi connectivity index (χ2n) is 8.47. The standard InChI is InChI=1S/C12H14F3N3O3S.C8H5Cl2F3O3S/c13-12(14,15)22(20,21)18-7-16-9-6-8(3-4-10(9)18)17-5-1-2-11(17)19;1-4-6(9)2-5(3-7(4)10)16-17(14,15)8(11,12)13/h7-8H,1-6H2;2-3H,1H3. The lowest BCUT2D eigenvalue weighted by molar-refractivity contribution is -0.129. The first-order valence-electron chi connectivity index (χ1n) is 10.9. The van der Waals surface area contributed by atoms with Crippen LogP contribution in [0.2, 0.25) is 10.0 Å². The fourth-order valence-electron chi connectivity index (χ4n) is 3.93. The summed E-state index contributed by atoms with van der Waals surface area (Å²) in [6.07, 6.45) is 2.86. The number of hydrogen-bond donors (Lipinski definition) is 0. The van der Waals surface area contributed by atoms with Gasteiger partial charge in [0.05, 0.1) is 11.4 Å². The van der Waals surface area contributed by atoms with Crippen molar-refractivity contribution in [1.82, 2.24) is 13.9 Å². The number of carbonyl (C=O) groups is 1. The predicted octanol–water partition coefficient (Wildman–Crippen LogP) is 4.59. The average molecular weight is 646 g/mol. The average Bonchev–Trinajstić information content (AvgIpc) is 3.42. The van der Waals surface area contributed by atoms with Crippen LogP contribution in [0.4, 0.5) is 26.3 Å². The molecule has 1 aromatic carbocycles. The Labute approximate surface area is 228 Å². The Hall–Kier alpha value is -2.24. The van der Waals surface area contributed by atoms with Gasteiger partial charge in [0.25, 0.3) is 0 Å². The van der Waals surface area contributed by atoms with Crippen molar-refractivity contribution in [3.05, 3.63) is 45.5 Å². The molecule has 0 saturated carbocycles. The summed E-state index contributed by atoms with van der Waals surface area (Å²) in [7, 11) is -11.2. The van der Waals surface area contributed by atoms with Gasteiger partial charge >= 0.3 is 31.2 Å². The molecular formula is C20H19Cl2F6N3O6S2. The minimum absolute atomic E-state index is 0.00451. The Morgan fingerprint density at radius 2 is 1.59 bits per heavy atom. The molecule has 0 bridgehead atoms. The van der Waals surface area contributed by atoms with E-state index in [0.717, 1.165) is 18.6 Å². The molecule has 39 heavy (non-hydrogen) atoms. The van der Waals surface area contributed by atoms with Gasteiger partial charge < -0.3 is 9.08 Å². The van der Waals surface area contributed by atoms with Crippen LogP contribution in [0.15, 0.2) is 18.5 Å². The van der Waals surface area contributed by atoms with E-state index in [1.165, 1.54) is 6.92 Å². The first kappa shape index (κ1) is 31.3. The molecule has 2 heterocycles. The van der Waals surface area contributed by atoms with Crippen LogP contribution in [0.3, 0.4) is 0 Å². The highest BCUT2D eigenvalue weighted by molar-refractivity contribution is 7.90. The minimum Gasteiger partial charge on any atom is -0.376 e. The summed E-state index contributed by atoms with van der Waals surface area (Å²) < 4.78 is 123. The lowest BCUT2D eigenvalue weighted by Gasteiger charge is -2.30. The molecule has 1 amide bonds. The molecule has 0 spiro atoms. The number of halogens is 8. The number of imidazole rings is 1. The highest BCUT2D eigenvalue weighted by atomic mass is 35.5. The van der Waals surface area contributed by atoms with Crippen LogP contribution in [-0.4, -0.2) is 60.2 Å². The van der Waals surface area contributed by atoms with Crippen molar-refractivity contribution >= 4 is 49.3 Å². The number of alkyl halides is 6. The SMILES string of the molecule is Cc1c(Cl)cc(OS(=O)(=O)C(F)(F)F)cc1Cl.O=C1CCCN1C1CCc2c(ncn2S(=O)(=O)C(F)(F)F)C1. The number of benzene rings is 1. The maximum Gasteiger partial charge on any atom is 0.534 e. The Kier molecular flexibility index (Phi) is 8.80. The summed E-state index contributed by atoms with van der Waals surface area (Å²) in [5.74, 6) is -0.557. The van der Waals surface area contributed by atoms with Crippen molar-refractivity contribution < 1.29 is 52.2 Å². The number of hydrogen-bond acceptors (Lipinski definition) is 7. The fraction of sp³-hybridized carbons (Fsp3) is 0.500. The molecule has 1 aliphatic heterocycles. The molecule has 1 unspecified atom stereocenters. The summed E-state index contributed by atoms with van der Waals surface area (Å²) in [4.78, 5) is 17.3. The molecule has 9 nitrogen and oxygen atoms in total. The van der Waals surface area contributed by atoms with Crippen molar-refractivity contribution in [2.45, 2.75) is 56.1 Å². The number of rotatable bonds is 4. The first-order valence-corrected chi connectivity index (χ1v) is 14.5. The van der Waals surface area contributed by atoms with Gasteiger partial charge in [0, 0.05) is 47.6 Å². The first-order chi connectivity index (χ1) is 17.8. The molecule has 1 atom stereocenters. The summed E-state index contributed by atoms with van der Waals surface area (Å²) >= 11 is 11.2. The lowest BCUT2D eigenvalue weighted by Crippen LogP contribution is -2.40. The van der Waals surface area contributed by atoms with E-state index in [-0.39, 0.29) is 38.1 Å². The molecular weight excluding hydrogens is 627 g/mol. The predicted molar refractivity (Wildman–Crippen MR) is 126 cm³/mol. The smallest absolute Gasteiger partial charge is 0.376 e. The van der Waals surface area contributed by atoms with Crippen LogP contribution in [0.5, 0.6) is 5.75 Å². The molecule has 2 aromatic rings. The van der Waals surface area contributed by atoms with Crippen LogP contribution < -0.4 is 4.18 Å². The van der Waals surface area contributed by atoms with Crippen molar-refractivity contribution in [2.24, 2.45) is 0 Å². The van der Waals surface area contributed by atoms with E-state index in [2.05, 4.69) is 9.17 Å². The van der Waals surface area contributed by atoms with Gasteiger partial charge in [0.15, 0.2) is 0 Å². The summed E-state index contributed by atoms with van der Waals surface area (Å²) in [6.45, 7) is 2.16. The zero-order valence-electron chi connectivity index (χ0n) is 19.7. The Balaban J connectivity index is 0.000000224. The second-order valence-corrected chi connectivity index (χ2v) is 12.6. The van der Waals surface area contributed by atoms with Gasteiger partial charge in [0.1, 0.15) is 12.1 Å². The number of carbonyl (C=O) groups excluding carboxylic acids is 1. The van der Waals surface area contributed by atoms with Gasteiger partial charge in [-0.25, -0.2) is 8.96 Å². The monoisotopic (exact) mass is 645 g/mol. The van der Waals surface area contributed by atoms with E-state index in [9.17, 15) is 48.0 Å². The van der Waals surface area contributed by atoms with E-state index < -0.39 is 36.9 Å². The van der Waals surface area contributed by atoms with Crippen molar-refractivity contribution in [2.75, 3.05) is 6.54 Å². The third-order valence-electron chi connectivity index (χ3n) is 5.91. The number of fused-ring (bicyclic) bond motifs is 1. The molecule has 4 rings (SSSR count). The summed E-state index contributed by atoms with van der Waals surface area (Å²) in [5.41, 5.74) is -10.1. The van der Waals surface area contributed by atoms with E-state index in [1.807, 2.05) is 0 Å². The van der Waals surface area contributed by atoms with Crippen molar-refractivity contribution in [3.63, 3.8) is 0 Å². The van der Waals surface area contributed by atoms with Crippen LogP contribution in [0, 0.1) is 6.92 Å². The normalized spacial score (nSPS) is 18.4. The van der Waals surface area contributed by atoms with Crippen LogP contribution >= 0.6 is 23.2 Å². The van der Waals surface area contributed by atoms with Gasteiger partial charge in [-0.15, -0.1) is 0 Å². The third kappa shape index (κ3) is 6.57. The Morgan fingerprint density at radius 3 is 2.08 bits per heavy atom. The van der Waals surface area contributed by atoms with E-state index in [0.29, 0.717) is 43.4 Å². The van der Waals surface area contributed by atoms with Gasteiger partial charge in [-0.3, -0.25) is 4.79 Å². The number of amides is 1.